The van der Waals surface area contributed by atoms with Crippen molar-refractivity contribution in [2.75, 3.05) is 18.0 Å². The fourth-order valence-electron chi connectivity index (χ4n) is 2.37. The second-order valence-corrected chi connectivity index (χ2v) is 6.93. The molecule has 0 amide bonds. The lowest BCUT2D eigenvalue weighted by Gasteiger charge is -2.07. The van der Waals surface area contributed by atoms with Crippen LogP contribution in [0.15, 0.2) is 24.3 Å². The van der Waals surface area contributed by atoms with Crippen LogP contribution in [0.1, 0.15) is 57.4 Å². The number of hydrogen-bond donors (Lipinski definition) is 2. The summed E-state index contributed by atoms with van der Waals surface area (Å²) in [5, 5.41) is 3.28. The van der Waals surface area contributed by atoms with Crippen molar-refractivity contribution >= 4 is 13.7 Å². The van der Waals surface area contributed by atoms with Gasteiger partial charge in [-0.2, -0.15) is 0 Å². The van der Waals surface area contributed by atoms with Crippen LogP contribution in [-0.4, -0.2) is 17.6 Å². The third-order valence-corrected chi connectivity index (χ3v) is 4.45. The highest BCUT2D eigenvalue weighted by atomic mass is 31.1. The number of rotatable bonds is 12. The van der Waals surface area contributed by atoms with Crippen LogP contribution in [0.3, 0.4) is 0 Å². The lowest BCUT2D eigenvalue weighted by Crippen LogP contribution is -2.02. The summed E-state index contributed by atoms with van der Waals surface area (Å²) in [5.74, 6) is 0. The number of anilines is 1. The molecule has 1 aromatic rings. The van der Waals surface area contributed by atoms with Gasteiger partial charge in [-0.3, -0.25) is 4.57 Å². The van der Waals surface area contributed by atoms with Gasteiger partial charge in [0.05, 0.1) is 0 Å². The van der Waals surface area contributed by atoms with E-state index < -0.39 is 8.03 Å². The lowest BCUT2D eigenvalue weighted by molar-refractivity contribution is 0.502. The summed E-state index contributed by atoms with van der Waals surface area (Å²) in [6.07, 6.45) is 10.3. The van der Waals surface area contributed by atoms with E-state index >= 15 is 0 Å². The summed E-state index contributed by atoms with van der Waals surface area (Å²) >= 11 is 0. The van der Waals surface area contributed by atoms with Gasteiger partial charge >= 0.3 is 0 Å². The molecule has 1 atom stereocenters. The number of hydrogen-bond acceptors (Lipinski definition) is 2. The molecule has 1 aromatic carbocycles. The van der Waals surface area contributed by atoms with E-state index in [0.717, 1.165) is 18.7 Å². The first-order valence-electron chi connectivity index (χ1n) is 8.27. The zero-order valence-electron chi connectivity index (χ0n) is 13.2. The highest BCUT2D eigenvalue weighted by Gasteiger charge is 1.97. The van der Waals surface area contributed by atoms with Crippen LogP contribution in [0.2, 0.25) is 0 Å². The Morgan fingerprint density at radius 1 is 1.00 bits per heavy atom. The average Bonchev–Trinajstić information content (AvgIpc) is 2.48. The van der Waals surface area contributed by atoms with Gasteiger partial charge in [0.1, 0.15) is 0 Å². The molecule has 2 N–H and O–H groups in total. The summed E-state index contributed by atoms with van der Waals surface area (Å²) in [5.41, 5.74) is 2.50. The Kier molecular flexibility index (Phi) is 10.3. The minimum atomic E-state index is -2.30. The molecule has 0 aromatic heterocycles. The molecule has 0 spiro atoms. The van der Waals surface area contributed by atoms with Crippen molar-refractivity contribution < 1.29 is 9.46 Å². The molecule has 0 aliphatic rings. The van der Waals surface area contributed by atoms with Gasteiger partial charge in [0.2, 0.25) is 0 Å². The summed E-state index contributed by atoms with van der Waals surface area (Å²) in [6, 6.07) is 8.58. The minimum absolute atomic E-state index is 0.410. The Bertz CT molecular complexity index is 392. The summed E-state index contributed by atoms with van der Waals surface area (Å²) in [4.78, 5) is 8.75. The van der Waals surface area contributed by atoms with E-state index in [1.54, 1.807) is 0 Å². The molecular formula is C17H30NO2P. The predicted octanol–water partition coefficient (Wildman–Crippen LogP) is 4.86. The average molecular weight is 311 g/mol. The molecule has 0 aliphatic heterocycles. The molecule has 1 unspecified atom stereocenters. The smallest absolute Gasteiger partial charge is 0.189 e. The van der Waals surface area contributed by atoms with E-state index in [0.29, 0.717) is 6.16 Å². The van der Waals surface area contributed by atoms with Gasteiger partial charge in [-0.1, -0.05) is 51.2 Å². The predicted molar refractivity (Wildman–Crippen MR) is 92.7 cm³/mol. The van der Waals surface area contributed by atoms with E-state index in [-0.39, 0.29) is 0 Å². The monoisotopic (exact) mass is 311 g/mol. The molecule has 4 heteroatoms. The van der Waals surface area contributed by atoms with Crippen molar-refractivity contribution in [2.24, 2.45) is 0 Å². The normalized spacial score (nSPS) is 12.3. The first kappa shape index (κ1) is 18.3. The second kappa shape index (κ2) is 11.8. The van der Waals surface area contributed by atoms with Crippen molar-refractivity contribution in [1.29, 1.82) is 0 Å². The maximum atomic E-state index is 10.6. The van der Waals surface area contributed by atoms with Crippen molar-refractivity contribution in [3.05, 3.63) is 29.8 Å². The van der Waals surface area contributed by atoms with E-state index in [4.69, 9.17) is 4.89 Å². The maximum Gasteiger partial charge on any atom is 0.189 e. The zero-order chi connectivity index (χ0) is 15.3. The Labute approximate surface area is 130 Å². The molecule has 0 bridgehead atoms. The Hall–Kier alpha value is -0.790. The first-order valence-corrected chi connectivity index (χ1v) is 9.83. The minimum Gasteiger partial charge on any atom is -0.385 e. The van der Waals surface area contributed by atoms with Gasteiger partial charge < -0.3 is 10.2 Å². The maximum absolute atomic E-state index is 10.6. The molecule has 0 saturated carbocycles. The molecule has 120 valence electrons. The van der Waals surface area contributed by atoms with Crippen molar-refractivity contribution in [2.45, 2.75) is 58.3 Å². The third kappa shape index (κ3) is 9.71. The van der Waals surface area contributed by atoms with Gasteiger partial charge in [0.25, 0.3) is 0 Å². The zero-order valence-corrected chi connectivity index (χ0v) is 14.2. The molecule has 1 rings (SSSR count). The molecule has 21 heavy (non-hydrogen) atoms. The molecule has 0 aliphatic carbocycles. The summed E-state index contributed by atoms with van der Waals surface area (Å²) in [7, 11) is -2.30. The van der Waals surface area contributed by atoms with E-state index in [9.17, 15) is 4.57 Å². The van der Waals surface area contributed by atoms with E-state index in [1.165, 1.54) is 50.5 Å². The number of benzene rings is 1. The molecule has 3 nitrogen and oxygen atoms in total. The van der Waals surface area contributed by atoms with Gasteiger partial charge in [0.15, 0.2) is 8.03 Å². The van der Waals surface area contributed by atoms with Crippen molar-refractivity contribution in [3.8, 4) is 0 Å². The summed E-state index contributed by atoms with van der Waals surface area (Å²) in [6.45, 7) is 3.01. The third-order valence-electron chi connectivity index (χ3n) is 3.67. The van der Waals surface area contributed by atoms with Gasteiger partial charge in [0, 0.05) is 18.4 Å². The quantitative estimate of drug-likeness (QED) is 0.428. The highest BCUT2D eigenvalue weighted by Crippen LogP contribution is 2.15. The van der Waals surface area contributed by atoms with Crippen LogP contribution in [0.5, 0.6) is 0 Å². The van der Waals surface area contributed by atoms with Crippen molar-refractivity contribution in [3.63, 3.8) is 0 Å². The van der Waals surface area contributed by atoms with E-state index in [2.05, 4.69) is 36.5 Å². The topological polar surface area (TPSA) is 49.3 Å². The van der Waals surface area contributed by atoms with Crippen molar-refractivity contribution in [1.82, 2.24) is 0 Å². The highest BCUT2D eigenvalue weighted by molar-refractivity contribution is 7.37. The molecule has 0 heterocycles. The summed E-state index contributed by atoms with van der Waals surface area (Å²) < 4.78 is 10.6. The fraction of sp³-hybridized carbons (Fsp3) is 0.647. The van der Waals surface area contributed by atoms with Crippen LogP contribution in [0, 0.1) is 0 Å². The second-order valence-electron chi connectivity index (χ2n) is 5.64. The Morgan fingerprint density at radius 3 is 2.33 bits per heavy atom. The van der Waals surface area contributed by atoms with Crippen LogP contribution in [0.4, 0.5) is 5.69 Å². The van der Waals surface area contributed by atoms with Gasteiger partial charge in [-0.15, -0.1) is 0 Å². The number of nitrogens with one attached hydrogen (secondary N) is 1. The largest absolute Gasteiger partial charge is 0.385 e. The number of aryl methyl sites for hydroxylation is 1. The number of unbranched alkanes of at least 4 members (excludes halogenated alkanes) is 5. The Balaban J connectivity index is 2.13. The van der Waals surface area contributed by atoms with Gasteiger partial charge in [-0.25, -0.2) is 0 Å². The lowest BCUT2D eigenvalue weighted by atomic mass is 10.0. The fourth-order valence-corrected chi connectivity index (χ4v) is 2.85. The van der Waals surface area contributed by atoms with Crippen LogP contribution in [-0.2, 0) is 11.0 Å². The molecular weight excluding hydrogens is 281 g/mol. The standard InChI is InChI=1S/C17H30NO2P/c1-2-3-4-5-6-7-9-16-10-12-17(13-11-16)18-14-8-15-21(19)20/h10-13,18,21H,2-9,14-15H2,1H3,(H,19,20). The Morgan fingerprint density at radius 2 is 1.67 bits per heavy atom. The molecule has 0 saturated heterocycles. The SMILES string of the molecule is CCCCCCCCc1ccc(NCCC[PH](=O)O)cc1. The molecule has 0 fully saturated rings. The first-order chi connectivity index (χ1) is 10.2. The molecule has 0 radical (unpaired) electrons. The van der Waals surface area contributed by atoms with Crippen LogP contribution in [0.25, 0.3) is 0 Å². The van der Waals surface area contributed by atoms with E-state index in [1.807, 2.05) is 0 Å². The van der Waals surface area contributed by atoms with Gasteiger partial charge in [-0.05, 0) is 37.0 Å². The van der Waals surface area contributed by atoms with Crippen LogP contribution < -0.4 is 5.32 Å². The van der Waals surface area contributed by atoms with Crippen LogP contribution >= 0.6 is 8.03 Å².